The van der Waals surface area contributed by atoms with E-state index in [0.717, 1.165) is 0 Å². The van der Waals surface area contributed by atoms with Gasteiger partial charge in [-0.3, -0.25) is 0 Å². The van der Waals surface area contributed by atoms with Crippen LogP contribution in [0.2, 0.25) is 5.02 Å². The minimum atomic E-state index is -0.217. The second kappa shape index (κ2) is 10.8. The number of aliphatic hydroxyl groups excluding tert-OH is 1. The topological polar surface area (TPSA) is 70.0 Å². The molecule has 1 aromatic heterocycles. The zero-order chi connectivity index (χ0) is 14.6. The van der Waals surface area contributed by atoms with Crippen LogP contribution in [0.4, 0.5) is 0 Å². The lowest BCUT2D eigenvalue weighted by molar-refractivity contribution is 0.0176. The van der Waals surface area contributed by atoms with Crippen molar-refractivity contribution in [3.8, 4) is 5.88 Å². The molecule has 1 rings (SSSR count). The quantitative estimate of drug-likeness (QED) is 0.621. The minimum absolute atomic E-state index is 0.217. The van der Waals surface area contributed by atoms with Gasteiger partial charge >= 0.3 is 0 Å². The fourth-order valence-corrected chi connectivity index (χ4v) is 1.49. The average molecular weight is 306 g/mol. The number of nitrogens with zero attached hydrogens (tertiary/aromatic N) is 1. The van der Waals surface area contributed by atoms with Gasteiger partial charge in [-0.05, 0) is 6.07 Å². The second-order valence-corrected chi connectivity index (χ2v) is 4.21. The Labute approximate surface area is 123 Å². The summed E-state index contributed by atoms with van der Waals surface area (Å²) in [5.41, 5.74) is 0.400. The van der Waals surface area contributed by atoms with Crippen LogP contribution in [-0.4, -0.2) is 56.8 Å². The maximum atomic E-state index is 9.02. The van der Waals surface area contributed by atoms with Gasteiger partial charge in [-0.15, -0.1) is 0 Å². The van der Waals surface area contributed by atoms with Crippen molar-refractivity contribution in [2.75, 3.05) is 46.8 Å². The molecule has 0 spiro atoms. The smallest absolute Gasteiger partial charge is 0.213 e. The first-order valence-electron chi connectivity index (χ1n) is 6.31. The van der Waals surface area contributed by atoms with E-state index in [0.29, 0.717) is 56.2 Å². The van der Waals surface area contributed by atoms with E-state index in [1.165, 1.54) is 0 Å². The standard InChI is InChI=1S/C13H20ClNO5/c1-17-4-5-18-6-7-19-8-9-20-13-3-2-11(14)12(10-16)15-13/h2-3,16H,4-10H2,1H3. The molecular weight excluding hydrogens is 286 g/mol. The molecule has 0 saturated heterocycles. The van der Waals surface area contributed by atoms with Gasteiger partial charge in [-0.2, -0.15) is 0 Å². The molecule has 0 atom stereocenters. The van der Waals surface area contributed by atoms with Crippen molar-refractivity contribution in [3.63, 3.8) is 0 Å². The van der Waals surface area contributed by atoms with Crippen LogP contribution in [0, 0.1) is 0 Å². The third kappa shape index (κ3) is 7.02. The normalized spacial score (nSPS) is 10.8. The molecule has 7 heteroatoms. The van der Waals surface area contributed by atoms with Crippen molar-refractivity contribution in [1.82, 2.24) is 4.98 Å². The summed E-state index contributed by atoms with van der Waals surface area (Å²) in [7, 11) is 1.63. The number of halogens is 1. The summed E-state index contributed by atoms with van der Waals surface area (Å²) in [4.78, 5) is 4.06. The summed E-state index contributed by atoms with van der Waals surface area (Å²) in [6.45, 7) is 2.77. The van der Waals surface area contributed by atoms with Gasteiger partial charge in [0.05, 0.1) is 50.4 Å². The van der Waals surface area contributed by atoms with Crippen molar-refractivity contribution in [1.29, 1.82) is 0 Å². The predicted octanol–water partition coefficient (Wildman–Crippen LogP) is 1.29. The summed E-state index contributed by atoms with van der Waals surface area (Å²) < 4.78 is 20.8. The highest BCUT2D eigenvalue weighted by Gasteiger charge is 2.03. The lowest BCUT2D eigenvalue weighted by Gasteiger charge is -2.08. The van der Waals surface area contributed by atoms with Gasteiger partial charge in [0.2, 0.25) is 5.88 Å². The molecule has 0 fully saturated rings. The van der Waals surface area contributed by atoms with E-state index in [1.54, 1.807) is 19.2 Å². The van der Waals surface area contributed by atoms with E-state index in [-0.39, 0.29) is 6.61 Å². The summed E-state index contributed by atoms with van der Waals surface area (Å²) in [5.74, 6) is 0.415. The zero-order valence-electron chi connectivity index (χ0n) is 11.5. The number of ether oxygens (including phenoxy) is 4. The predicted molar refractivity (Wildman–Crippen MR) is 74.2 cm³/mol. The number of aromatic nitrogens is 1. The highest BCUT2D eigenvalue weighted by molar-refractivity contribution is 6.31. The molecule has 0 bridgehead atoms. The van der Waals surface area contributed by atoms with Gasteiger partial charge in [-0.1, -0.05) is 11.6 Å². The van der Waals surface area contributed by atoms with Gasteiger partial charge in [0.15, 0.2) is 0 Å². The van der Waals surface area contributed by atoms with Crippen molar-refractivity contribution in [2.45, 2.75) is 6.61 Å². The van der Waals surface area contributed by atoms with E-state index >= 15 is 0 Å². The Morgan fingerprint density at radius 3 is 2.35 bits per heavy atom. The van der Waals surface area contributed by atoms with Crippen molar-refractivity contribution in [2.24, 2.45) is 0 Å². The fourth-order valence-electron chi connectivity index (χ4n) is 1.32. The van der Waals surface area contributed by atoms with E-state index in [4.69, 9.17) is 35.7 Å². The molecule has 1 aromatic rings. The van der Waals surface area contributed by atoms with Crippen molar-refractivity contribution >= 4 is 11.6 Å². The molecule has 6 nitrogen and oxygen atoms in total. The molecule has 0 amide bonds. The Morgan fingerprint density at radius 1 is 1.05 bits per heavy atom. The van der Waals surface area contributed by atoms with Crippen LogP contribution in [0.25, 0.3) is 0 Å². The highest BCUT2D eigenvalue weighted by atomic mass is 35.5. The van der Waals surface area contributed by atoms with Crippen LogP contribution in [0.1, 0.15) is 5.69 Å². The van der Waals surface area contributed by atoms with Gasteiger partial charge in [0.1, 0.15) is 6.61 Å². The third-order valence-corrected chi connectivity index (χ3v) is 2.67. The molecule has 0 aliphatic heterocycles. The molecule has 0 unspecified atom stereocenters. The molecule has 0 aliphatic rings. The first-order valence-corrected chi connectivity index (χ1v) is 6.69. The number of pyridine rings is 1. The van der Waals surface area contributed by atoms with Crippen LogP contribution >= 0.6 is 11.6 Å². The Bertz CT molecular complexity index is 378. The first-order chi connectivity index (χ1) is 9.77. The van der Waals surface area contributed by atoms with E-state index in [1.807, 2.05) is 0 Å². The Kier molecular flexibility index (Phi) is 9.27. The molecule has 1 N–H and O–H groups in total. The second-order valence-electron chi connectivity index (χ2n) is 3.80. The summed E-state index contributed by atoms with van der Waals surface area (Å²) >= 11 is 5.83. The largest absolute Gasteiger partial charge is 0.475 e. The molecule has 20 heavy (non-hydrogen) atoms. The molecular formula is C13H20ClNO5. The van der Waals surface area contributed by atoms with Crippen LogP contribution < -0.4 is 4.74 Å². The maximum Gasteiger partial charge on any atom is 0.213 e. The Morgan fingerprint density at radius 2 is 1.70 bits per heavy atom. The van der Waals surface area contributed by atoms with Crippen molar-refractivity contribution < 1.29 is 24.1 Å². The number of hydrogen-bond acceptors (Lipinski definition) is 6. The number of methoxy groups -OCH3 is 1. The third-order valence-electron chi connectivity index (χ3n) is 2.32. The summed E-state index contributed by atoms with van der Waals surface area (Å²) in [6.07, 6.45) is 0. The molecule has 0 radical (unpaired) electrons. The molecule has 0 aliphatic carbocycles. The number of aliphatic hydroxyl groups is 1. The molecule has 114 valence electrons. The molecule has 0 saturated carbocycles. The fraction of sp³-hybridized carbons (Fsp3) is 0.615. The Balaban J connectivity index is 2.06. The van der Waals surface area contributed by atoms with Crippen LogP contribution in [-0.2, 0) is 20.8 Å². The minimum Gasteiger partial charge on any atom is -0.475 e. The monoisotopic (exact) mass is 305 g/mol. The van der Waals surface area contributed by atoms with Gasteiger partial charge in [-0.25, -0.2) is 4.98 Å². The van der Waals surface area contributed by atoms with Gasteiger partial charge in [0, 0.05) is 13.2 Å². The number of hydrogen-bond donors (Lipinski definition) is 1. The molecule has 1 heterocycles. The van der Waals surface area contributed by atoms with E-state index in [2.05, 4.69) is 4.98 Å². The van der Waals surface area contributed by atoms with Crippen LogP contribution in [0.5, 0.6) is 5.88 Å². The number of rotatable bonds is 11. The lowest BCUT2D eigenvalue weighted by Crippen LogP contribution is -2.12. The van der Waals surface area contributed by atoms with E-state index in [9.17, 15) is 0 Å². The van der Waals surface area contributed by atoms with E-state index < -0.39 is 0 Å². The SMILES string of the molecule is COCCOCCOCCOc1ccc(Cl)c(CO)n1. The Hall–Kier alpha value is -0.920. The highest BCUT2D eigenvalue weighted by Crippen LogP contribution is 2.17. The zero-order valence-corrected chi connectivity index (χ0v) is 12.3. The van der Waals surface area contributed by atoms with Crippen LogP contribution in [0.3, 0.4) is 0 Å². The lowest BCUT2D eigenvalue weighted by atomic mass is 10.3. The van der Waals surface area contributed by atoms with Crippen molar-refractivity contribution in [3.05, 3.63) is 22.8 Å². The van der Waals surface area contributed by atoms with Gasteiger partial charge in [0.25, 0.3) is 0 Å². The summed E-state index contributed by atoms with van der Waals surface area (Å²) in [6, 6.07) is 3.29. The average Bonchev–Trinajstić information content (AvgIpc) is 2.47. The first kappa shape index (κ1) is 17.1. The van der Waals surface area contributed by atoms with Crippen LogP contribution in [0.15, 0.2) is 12.1 Å². The maximum absolute atomic E-state index is 9.02. The molecule has 0 aromatic carbocycles. The van der Waals surface area contributed by atoms with Gasteiger partial charge < -0.3 is 24.1 Å². The summed E-state index contributed by atoms with van der Waals surface area (Å²) in [5, 5.41) is 9.44.